The summed E-state index contributed by atoms with van der Waals surface area (Å²) >= 11 is 2.71. The number of terminal acetylenes is 1. The van der Waals surface area contributed by atoms with Gasteiger partial charge in [0.1, 0.15) is 22.6 Å². The van der Waals surface area contributed by atoms with Crippen molar-refractivity contribution >= 4 is 31.9 Å². The molecule has 0 bridgehead atoms. The Morgan fingerprint density at radius 3 is 2.55 bits per heavy atom. The Morgan fingerprint density at radius 2 is 2.10 bits per heavy atom. The van der Waals surface area contributed by atoms with E-state index in [2.05, 4.69) is 15.9 Å². The summed E-state index contributed by atoms with van der Waals surface area (Å²) in [6, 6.07) is -0.494. The van der Waals surface area contributed by atoms with E-state index in [1.165, 1.54) is 0 Å². The minimum absolute atomic E-state index is 0.368. The number of carboxylic acid groups (broad SMARTS) is 1. The van der Waals surface area contributed by atoms with Gasteiger partial charge in [-0.05, 0) is 22.0 Å². The van der Waals surface area contributed by atoms with Crippen molar-refractivity contribution in [1.82, 2.24) is 4.72 Å². The molecule has 0 heterocycles. The highest BCUT2D eigenvalue weighted by Gasteiger charge is 2.29. The highest BCUT2D eigenvalue weighted by atomic mass is 79.9. The first-order valence-corrected chi connectivity index (χ1v) is 7.29. The number of nitrogens with one attached hydrogen (secondary N) is 1. The lowest BCUT2D eigenvalue weighted by Gasteiger charge is -2.14. The van der Waals surface area contributed by atoms with Crippen molar-refractivity contribution in [2.45, 2.75) is 17.4 Å². The van der Waals surface area contributed by atoms with Crippen molar-refractivity contribution < 1.29 is 27.1 Å². The highest BCUT2D eigenvalue weighted by molar-refractivity contribution is 9.10. The number of sulfonamides is 1. The molecule has 20 heavy (non-hydrogen) atoms. The van der Waals surface area contributed by atoms with E-state index in [0.717, 1.165) is 6.07 Å². The average Bonchev–Trinajstić information content (AvgIpc) is 2.25. The summed E-state index contributed by atoms with van der Waals surface area (Å²) in [4.78, 5) is 9.95. The predicted octanol–water partition coefficient (Wildman–Crippen LogP) is 1.48. The van der Waals surface area contributed by atoms with Crippen molar-refractivity contribution in [3.8, 4) is 12.3 Å². The molecule has 0 aromatic heterocycles. The van der Waals surface area contributed by atoms with E-state index in [9.17, 15) is 22.0 Å². The third kappa shape index (κ3) is 3.75. The molecule has 1 aromatic rings. The van der Waals surface area contributed by atoms with Gasteiger partial charge in [-0.2, -0.15) is 4.72 Å². The fraction of sp³-hybridized carbons (Fsp3) is 0.182. The second-order valence-corrected chi connectivity index (χ2v) is 6.12. The summed E-state index contributed by atoms with van der Waals surface area (Å²) in [7, 11) is -4.52. The normalized spacial score (nSPS) is 12.7. The van der Waals surface area contributed by atoms with Gasteiger partial charge in [-0.25, -0.2) is 17.2 Å². The SMILES string of the molecule is C#CCC(NS(=O)(=O)c1c(F)cc(F)cc1Br)C(=O)O. The number of carbonyl (C=O) groups is 1. The van der Waals surface area contributed by atoms with Crippen LogP contribution in [0.1, 0.15) is 6.42 Å². The Labute approximate surface area is 122 Å². The van der Waals surface area contributed by atoms with Crippen LogP contribution in [0, 0.1) is 24.0 Å². The number of carboxylic acids is 1. The molecule has 0 saturated carbocycles. The van der Waals surface area contributed by atoms with Crippen LogP contribution in [0.5, 0.6) is 0 Å². The molecule has 1 atom stereocenters. The molecule has 0 aliphatic heterocycles. The van der Waals surface area contributed by atoms with Gasteiger partial charge in [0, 0.05) is 17.0 Å². The van der Waals surface area contributed by atoms with Crippen LogP contribution in [-0.4, -0.2) is 25.5 Å². The smallest absolute Gasteiger partial charge is 0.322 e. The molecule has 1 unspecified atom stereocenters. The predicted molar refractivity (Wildman–Crippen MR) is 69.3 cm³/mol. The van der Waals surface area contributed by atoms with E-state index < -0.39 is 45.0 Å². The molecule has 1 aromatic carbocycles. The van der Waals surface area contributed by atoms with Crippen LogP contribution in [0.4, 0.5) is 8.78 Å². The molecule has 1 rings (SSSR count). The second kappa shape index (κ2) is 6.30. The first-order chi connectivity index (χ1) is 9.19. The molecule has 9 heteroatoms. The molecule has 0 aliphatic rings. The Hall–Kier alpha value is -1.50. The van der Waals surface area contributed by atoms with Crippen LogP contribution in [0.25, 0.3) is 0 Å². The zero-order chi connectivity index (χ0) is 15.5. The highest BCUT2D eigenvalue weighted by Crippen LogP contribution is 2.26. The number of hydrogen-bond donors (Lipinski definition) is 2. The van der Waals surface area contributed by atoms with Crippen LogP contribution in [-0.2, 0) is 14.8 Å². The van der Waals surface area contributed by atoms with Gasteiger partial charge < -0.3 is 5.11 Å². The number of benzene rings is 1. The maximum atomic E-state index is 13.6. The van der Waals surface area contributed by atoms with E-state index >= 15 is 0 Å². The zero-order valence-corrected chi connectivity index (χ0v) is 12.1. The van der Waals surface area contributed by atoms with Crippen LogP contribution in [0.2, 0.25) is 0 Å². The topological polar surface area (TPSA) is 83.5 Å². The van der Waals surface area contributed by atoms with Crippen molar-refractivity contribution in [2.75, 3.05) is 0 Å². The lowest BCUT2D eigenvalue weighted by Crippen LogP contribution is -2.40. The molecule has 5 nitrogen and oxygen atoms in total. The minimum Gasteiger partial charge on any atom is -0.480 e. The molecule has 0 aliphatic carbocycles. The van der Waals surface area contributed by atoms with Crippen LogP contribution < -0.4 is 4.72 Å². The first-order valence-electron chi connectivity index (χ1n) is 5.02. The molecule has 2 N–H and O–H groups in total. The minimum atomic E-state index is -4.52. The van der Waals surface area contributed by atoms with Gasteiger partial charge in [-0.3, -0.25) is 4.79 Å². The zero-order valence-electron chi connectivity index (χ0n) is 9.73. The van der Waals surface area contributed by atoms with Crippen molar-refractivity contribution in [1.29, 1.82) is 0 Å². The average molecular weight is 368 g/mol. The Morgan fingerprint density at radius 1 is 1.50 bits per heavy atom. The molecular formula is C11H8BrF2NO4S. The molecule has 0 saturated heterocycles. The maximum absolute atomic E-state index is 13.6. The Bertz CT molecular complexity index is 661. The number of halogens is 3. The van der Waals surface area contributed by atoms with Gasteiger partial charge in [0.2, 0.25) is 10.0 Å². The summed E-state index contributed by atoms with van der Waals surface area (Å²) in [6.45, 7) is 0. The molecular weight excluding hydrogens is 360 g/mol. The number of hydrogen-bond acceptors (Lipinski definition) is 3. The number of rotatable bonds is 5. The fourth-order valence-electron chi connectivity index (χ4n) is 1.33. The molecule has 0 amide bonds. The van der Waals surface area contributed by atoms with E-state index in [4.69, 9.17) is 11.5 Å². The fourth-order valence-corrected chi connectivity index (χ4v) is 3.68. The lowest BCUT2D eigenvalue weighted by molar-refractivity contribution is -0.138. The van der Waals surface area contributed by atoms with Crippen LogP contribution >= 0.6 is 15.9 Å². The van der Waals surface area contributed by atoms with Gasteiger partial charge in [0.25, 0.3) is 0 Å². The van der Waals surface area contributed by atoms with Crippen LogP contribution in [0.15, 0.2) is 21.5 Å². The molecule has 0 spiro atoms. The van der Waals surface area contributed by atoms with E-state index in [-0.39, 0.29) is 4.47 Å². The third-order valence-electron chi connectivity index (χ3n) is 2.15. The molecule has 0 radical (unpaired) electrons. The van der Waals surface area contributed by atoms with Gasteiger partial charge in [0.05, 0.1) is 0 Å². The lowest BCUT2D eigenvalue weighted by atomic mass is 10.2. The summed E-state index contributed by atoms with van der Waals surface area (Å²) in [5.74, 6) is -1.85. The quantitative estimate of drug-likeness (QED) is 0.772. The molecule has 0 fully saturated rings. The van der Waals surface area contributed by atoms with Crippen molar-refractivity contribution in [3.63, 3.8) is 0 Å². The van der Waals surface area contributed by atoms with Gasteiger partial charge in [-0.15, -0.1) is 12.3 Å². The summed E-state index contributed by atoms with van der Waals surface area (Å²) in [5, 5.41) is 8.81. The summed E-state index contributed by atoms with van der Waals surface area (Å²) in [6.07, 6.45) is 4.50. The first kappa shape index (κ1) is 16.6. The van der Waals surface area contributed by atoms with Gasteiger partial charge in [0.15, 0.2) is 0 Å². The molecule has 108 valence electrons. The standard InChI is InChI=1S/C11H8BrF2NO4S/c1-2-3-9(11(16)17)15-20(18,19)10-7(12)4-6(13)5-8(10)14/h1,4-5,9,15H,3H2,(H,16,17). The van der Waals surface area contributed by atoms with E-state index in [0.29, 0.717) is 6.07 Å². The number of aliphatic carboxylic acids is 1. The van der Waals surface area contributed by atoms with E-state index in [1.54, 1.807) is 4.72 Å². The summed E-state index contributed by atoms with van der Waals surface area (Å²) in [5.41, 5.74) is 0. The summed E-state index contributed by atoms with van der Waals surface area (Å²) < 4.78 is 51.7. The maximum Gasteiger partial charge on any atom is 0.322 e. The van der Waals surface area contributed by atoms with Gasteiger partial charge >= 0.3 is 5.97 Å². The Balaban J connectivity index is 3.25. The second-order valence-electron chi connectivity index (χ2n) is 3.62. The van der Waals surface area contributed by atoms with Crippen LogP contribution in [0.3, 0.4) is 0 Å². The largest absolute Gasteiger partial charge is 0.480 e. The van der Waals surface area contributed by atoms with Gasteiger partial charge in [-0.1, -0.05) is 0 Å². The van der Waals surface area contributed by atoms with Crippen molar-refractivity contribution in [3.05, 3.63) is 28.2 Å². The van der Waals surface area contributed by atoms with Crippen molar-refractivity contribution in [2.24, 2.45) is 0 Å². The third-order valence-corrected chi connectivity index (χ3v) is 4.58. The van der Waals surface area contributed by atoms with E-state index in [1.807, 2.05) is 5.92 Å². The Kier molecular flexibility index (Phi) is 5.21. The monoisotopic (exact) mass is 367 g/mol.